The molecule has 2 amide bonds. The van der Waals surface area contributed by atoms with Crippen molar-refractivity contribution < 1.29 is 29.4 Å². The lowest BCUT2D eigenvalue weighted by Gasteiger charge is -2.00. The van der Waals surface area contributed by atoms with Crippen LogP contribution >= 0.6 is 0 Å². The van der Waals surface area contributed by atoms with Crippen LogP contribution in [0.2, 0.25) is 0 Å². The van der Waals surface area contributed by atoms with Crippen molar-refractivity contribution in [2.24, 2.45) is 5.73 Å². The van der Waals surface area contributed by atoms with Gasteiger partial charge in [-0.3, -0.25) is 19.2 Å². The minimum Gasteiger partial charge on any atom is -0.480 e. The Morgan fingerprint density at radius 3 is 1.86 bits per heavy atom. The third-order valence-corrected chi connectivity index (χ3v) is 2.06. The standard InChI is InChI=1S/C9H9NO3.C4H8N2O3/c11-8(12)6-10-9(13)7-4-2-1-3-5-7;5-1-3(7)6-2-4(8)9/h1-5H,6H2,(H,10,13)(H,11,12);1-2,5H2,(H,6,7)(H,8,9). The van der Waals surface area contributed by atoms with Crippen LogP contribution in [0.1, 0.15) is 10.4 Å². The molecule has 0 aromatic heterocycles. The van der Waals surface area contributed by atoms with Crippen LogP contribution in [-0.2, 0) is 14.4 Å². The van der Waals surface area contributed by atoms with Crippen LogP contribution in [0.3, 0.4) is 0 Å². The molecule has 22 heavy (non-hydrogen) atoms. The minimum absolute atomic E-state index is 0.173. The summed E-state index contributed by atoms with van der Waals surface area (Å²) >= 11 is 0. The van der Waals surface area contributed by atoms with Crippen molar-refractivity contribution in [3.63, 3.8) is 0 Å². The molecule has 0 atom stereocenters. The highest BCUT2D eigenvalue weighted by Crippen LogP contribution is 1.96. The number of benzene rings is 1. The van der Waals surface area contributed by atoms with Crippen molar-refractivity contribution in [3.05, 3.63) is 35.9 Å². The van der Waals surface area contributed by atoms with Gasteiger partial charge >= 0.3 is 11.9 Å². The van der Waals surface area contributed by atoms with Gasteiger partial charge in [-0.05, 0) is 12.1 Å². The van der Waals surface area contributed by atoms with Gasteiger partial charge in [0.1, 0.15) is 13.1 Å². The summed E-state index contributed by atoms with van der Waals surface area (Å²) < 4.78 is 0. The van der Waals surface area contributed by atoms with Crippen molar-refractivity contribution in [2.75, 3.05) is 19.6 Å². The number of rotatable bonds is 6. The van der Waals surface area contributed by atoms with E-state index in [4.69, 9.17) is 15.9 Å². The molecular formula is C13H17N3O6. The van der Waals surface area contributed by atoms with Gasteiger partial charge in [-0.2, -0.15) is 0 Å². The Bertz CT molecular complexity index is 518. The van der Waals surface area contributed by atoms with Crippen LogP contribution in [0.15, 0.2) is 30.3 Å². The van der Waals surface area contributed by atoms with Crippen LogP contribution in [-0.4, -0.2) is 53.6 Å². The molecule has 0 saturated heterocycles. The number of nitrogens with two attached hydrogens (primary N) is 1. The molecule has 0 spiro atoms. The summed E-state index contributed by atoms with van der Waals surface area (Å²) in [5.41, 5.74) is 5.32. The van der Waals surface area contributed by atoms with Gasteiger partial charge in [0, 0.05) is 5.56 Å². The summed E-state index contributed by atoms with van der Waals surface area (Å²) in [6.07, 6.45) is 0. The summed E-state index contributed by atoms with van der Waals surface area (Å²) in [6.45, 7) is -0.892. The van der Waals surface area contributed by atoms with Gasteiger partial charge in [-0.1, -0.05) is 18.2 Å². The Morgan fingerprint density at radius 1 is 0.909 bits per heavy atom. The molecular weight excluding hydrogens is 294 g/mol. The molecule has 9 nitrogen and oxygen atoms in total. The summed E-state index contributed by atoms with van der Waals surface area (Å²) in [4.78, 5) is 41.3. The molecule has 6 N–H and O–H groups in total. The van der Waals surface area contributed by atoms with Gasteiger partial charge in [-0.15, -0.1) is 0 Å². The Labute approximate surface area is 126 Å². The van der Waals surface area contributed by atoms with E-state index in [1.54, 1.807) is 30.3 Å². The molecule has 0 heterocycles. The van der Waals surface area contributed by atoms with E-state index in [-0.39, 0.29) is 25.5 Å². The first kappa shape index (κ1) is 19.1. The van der Waals surface area contributed by atoms with E-state index < -0.39 is 17.8 Å². The lowest BCUT2D eigenvalue weighted by Crippen LogP contribution is -2.34. The maximum absolute atomic E-state index is 11.2. The highest BCUT2D eigenvalue weighted by atomic mass is 16.4. The maximum atomic E-state index is 11.2. The van der Waals surface area contributed by atoms with Crippen molar-refractivity contribution in [1.29, 1.82) is 0 Å². The molecule has 0 saturated carbocycles. The van der Waals surface area contributed by atoms with Gasteiger partial charge in [0.15, 0.2) is 0 Å². The highest BCUT2D eigenvalue weighted by molar-refractivity contribution is 5.95. The maximum Gasteiger partial charge on any atom is 0.322 e. The number of nitrogens with one attached hydrogen (secondary N) is 2. The van der Waals surface area contributed by atoms with Crippen molar-refractivity contribution >= 4 is 23.8 Å². The molecule has 0 unspecified atom stereocenters. The number of aliphatic carboxylic acids is 2. The normalized spacial score (nSPS) is 8.95. The fourth-order valence-electron chi connectivity index (χ4n) is 1.09. The van der Waals surface area contributed by atoms with Gasteiger partial charge in [0.25, 0.3) is 5.91 Å². The highest BCUT2D eigenvalue weighted by Gasteiger charge is 2.04. The topological polar surface area (TPSA) is 159 Å². The Morgan fingerprint density at radius 2 is 1.41 bits per heavy atom. The molecule has 0 radical (unpaired) electrons. The largest absolute Gasteiger partial charge is 0.480 e. The number of hydrogen-bond acceptors (Lipinski definition) is 5. The van der Waals surface area contributed by atoms with Crippen LogP contribution in [0.4, 0.5) is 0 Å². The quantitative estimate of drug-likeness (QED) is 0.434. The first-order valence-corrected chi connectivity index (χ1v) is 6.10. The lowest BCUT2D eigenvalue weighted by atomic mass is 10.2. The van der Waals surface area contributed by atoms with Crippen molar-refractivity contribution in [3.8, 4) is 0 Å². The zero-order valence-electron chi connectivity index (χ0n) is 11.6. The van der Waals surface area contributed by atoms with E-state index >= 15 is 0 Å². The predicted octanol–water partition coefficient (Wildman–Crippen LogP) is -1.35. The van der Waals surface area contributed by atoms with Crippen LogP contribution in [0.5, 0.6) is 0 Å². The smallest absolute Gasteiger partial charge is 0.322 e. The molecule has 1 aromatic rings. The Balaban J connectivity index is 0.000000433. The third-order valence-electron chi connectivity index (χ3n) is 2.06. The SMILES string of the molecule is NCC(=O)NCC(=O)O.O=C(O)CNC(=O)c1ccccc1. The van der Waals surface area contributed by atoms with E-state index in [1.165, 1.54) is 0 Å². The second-order valence-electron chi connectivity index (χ2n) is 3.82. The number of carbonyl (C=O) groups is 4. The van der Waals surface area contributed by atoms with Gasteiger partial charge in [0.2, 0.25) is 5.91 Å². The number of amides is 2. The molecule has 1 rings (SSSR count). The predicted molar refractivity (Wildman–Crippen MR) is 76.1 cm³/mol. The van der Waals surface area contributed by atoms with E-state index in [1.807, 2.05) is 0 Å². The summed E-state index contributed by atoms with van der Waals surface area (Å²) in [6, 6.07) is 8.47. The number of carboxylic acid groups (broad SMARTS) is 2. The van der Waals surface area contributed by atoms with Crippen LogP contribution in [0.25, 0.3) is 0 Å². The second-order valence-corrected chi connectivity index (χ2v) is 3.82. The molecule has 0 aliphatic heterocycles. The molecule has 0 fully saturated rings. The molecule has 0 bridgehead atoms. The fraction of sp³-hybridized carbons (Fsp3) is 0.231. The minimum atomic E-state index is -1.07. The van der Waals surface area contributed by atoms with Crippen LogP contribution in [0, 0.1) is 0 Å². The number of carboxylic acids is 2. The lowest BCUT2D eigenvalue weighted by molar-refractivity contribution is -0.137. The first-order valence-electron chi connectivity index (χ1n) is 6.10. The molecule has 120 valence electrons. The van der Waals surface area contributed by atoms with Gasteiger partial charge < -0.3 is 26.6 Å². The van der Waals surface area contributed by atoms with Gasteiger partial charge in [-0.25, -0.2) is 0 Å². The molecule has 9 heteroatoms. The molecule has 1 aromatic carbocycles. The van der Waals surface area contributed by atoms with E-state index in [2.05, 4.69) is 10.6 Å². The summed E-state index contributed by atoms with van der Waals surface area (Å²) in [5.74, 6) is -2.96. The Kier molecular flexibility index (Phi) is 9.36. The van der Waals surface area contributed by atoms with E-state index in [9.17, 15) is 19.2 Å². The monoisotopic (exact) mass is 311 g/mol. The first-order chi connectivity index (χ1) is 10.4. The summed E-state index contributed by atoms with van der Waals surface area (Å²) in [5, 5.41) is 20.6. The Hall–Kier alpha value is -2.94. The van der Waals surface area contributed by atoms with E-state index in [0.29, 0.717) is 5.56 Å². The zero-order valence-corrected chi connectivity index (χ0v) is 11.6. The van der Waals surface area contributed by atoms with Crippen molar-refractivity contribution in [2.45, 2.75) is 0 Å². The number of hydrogen-bond donors (Lipinski definition) is 5. The van der Waals surface area contributed by atoms with Crippen LogP contribution < -0.4 is 16.4 Å². The molecule has 0 aliphatic rings. The van der Waals surface area contributed by atoms with Crippen molar-refractivity contribution in [1.82, 2.24) is 10.6 Å². The zero-order chi connectivity index (χ0) is 17.0. The second kappa shape index (κ2) is 10.8. The number of carbonyl (C=O) groups excluding carboxylic acids is 2. The third kappa shape index (κ3) is 9.92. The van der Waals surface area contributed by atoms with Gasteiger partial charge in [0.05, 0.1) is 6.54 Å². The molecule has 0 aliphatic carbocycles. The average molecular weight is 311 g/mol. The fourth-order valence-corrected chi connectivity index (χ4v) is 1.09. The average Bonchev–Trinajstić information content (AvgIpc) is 2.51. The van der Waals surface area contributed by atoms with E-state index in [0.717, 1.165) is 0 Å². The summed E-state index contributed by atoms with van der Waals surface area (Å²) in [7, 11) is 0.